The van der Waals surface area contributed by atoms with Gasteiger partial charge in [0.1, 0.15) is 17.5 Å². The molecule has 0 aliphatic rings. The molecule has 0 saturated heterocycles. The highest BCUT2D eigenvalue weighted by molar-refractivity contribution is 6.01. The Hall–Kier alpha value is -3.07. The summed E-state index contributed by atoms with van der Waals surface area (Å²) in [7, 11) is 0. The van der Waals surface area contributed by atoms with Gasteiger partial charge in [-0.2, -0.15) is 10.4 Å². The molecule has 0 aliphatic heterocycles. The molecule has 0 aliphatic carbocycles. The van der Waals surface area contributed by atoms with E-state index in [9.17, 15) is 5.26 Å². The van der Waals surface area contributed by atoms with E-state index in [0.717, 1.165) is 5.56 Å². The topological polar surface area (TPSA) is 117 Å². The maximum absolute atomic E-state index is 9.31. The minimum atomic E-state index is 0.303. The number of nitrogens with zero attached hydrogens (tertiary/aromatic N) is 3. The van der Waals surface area contributed by atoms with Crippen molar-refractivity contribution in [3.63, 3.8) is 0 Å². The highest BCUT2D eigenvalue weighted by atomic mass is 15.2. The maximum atomic E-state index is 9.31. The molecule has 3 rings (SSSR count). The van der Waals surface area contributed by atoms with Crippen molar-refractivity contribution < 1.29 is 0 Å². The van der Waals surface area contributed by atoms with Crippen LogP contribution in [0.4, 0.5) is 11.5 Å². The van der Waals surface area contributed by atoms with Crippen LogP contribution in [0.25, 0.3) is 22.3 Å². The number of rotatable bonds is 1. The monoisotopic (exact) mass is 250 g/mol. The third-order valence-electron chi connectivity index (χ3n) is 2.93. The number of aromatic nitrogens is 3. The van der Waals surface area contributed by atoms with Crippen molar-refractivity contribution in [1.29, 1.82) is 5.26 Å². The van der Waals surface area contributed by atoms with Crippen LogP contribution in [0.3, 0.4) is 0 Å². The van der Waals surface area contributed by atoms with E-state index in [-0.39, 0.29) is 0 Å². The maximum Gasteiger partial charge on any atom is 0.185 e. The van der Waals surface area contributed by atoms with Crippen LogP contribution in [-0.4, -0.2) is 15.2 Å². The van der Waals surface area contributed by atoms with Gasteiger partial charge >= 0.3 is 0 Å². The first-order valence-electron chi connectivity index (χ1n) is 5.61. The quantitative estimate of drug-likeness (QED) is 0.607. The second-order valence-electron chi connectivity index (χ2n) is 4.06. The first kappa shape index (κ1) is 11.0. The molecule has 0 spiro atoms. The largest absolute Gasteiger partial charge is 0.397 e. The van der Waals surface area contributed by atoms with Gasteiger partial charge in [0.2, 0.25) is 0 Å². The van der Waals surface area contributed by atoms with Gasteiger partial charge in [0, 0.05) is 5.56 Å². The fraction of sp³-hybridized carbons (Fsp3) is 0. The molecule has 3 aromatic rings. The molecule has 19 heavy (non-hydrogen) atoms. The number of nitrogen functional groups attached to an aromatic ring is 2. The Balaban J connectivity index is 2.41. The molecule has 5 N–H and O–H groups in total. The molecular weight excluding hydrogens is 240 g/mol. The molecule has 6 heteroatoms. The zero-order valence-corrected chi connectivity index (χ0v) is 9.88. The minimum Gasteiger partial charge on any atom is -0.397 e. The van der Waals surface area contributed by atoms with Crippen molar-refractivity contribution >= 4 is 22.5 Å². The van der Waals surface area contributed by atoms with Crippen LogP contribution in [-0.2, 0) is 0 Å². The minimum absolute atomic E-state index is 0.303. The van der Waals surface area contributed by atoms with E-state index in [0.29, 0.717) is 33.8 Å². The van der Waals surface area contributed by atoms with Crippen molar-refractivity contribution in [2.75, 3.05) is 11.5 Å². The summed E-state index contributed by atoms with van der Waals surface area (Å²) in [4.78, 5) is 4.37. The second-order valence-corrected chi connectivity index (χ2v) is 4.06. The predicted octanol–water partition coefficient (Wildman–Crippen LogP) is 1.66. The van der Waals surface area contributed by atoms with Gasteiger partial charge in [-0.25, -0.2) is 4.98 Å². The van der Waals surface area contributed by atoms with E-state index in [4.69, 9.17) is 11.5 Å². The zero-order valence-electron chi connectivity index (χ0n) is 9.88. The van der Waals surface area contributed by atoms with Gasteiger partial charge in [0.25, 0.3) is 0 Å². The number of nitrogens with two attached hydrogens (primary N) is 2. The summed E-state index contributed by atoms with van der Waals surface area (Å²) < 4.78 is 0. The van der Waals surface area contributed by atoms with Crippen LogP contribution in [0.1, 0.15) is 5.56 Å². The third kappa shape index (κ3) is 1.57. The Morgan fingerprint density at radius 2 is 1.89 bits per heavy atom. The number of fused-ring (bicyclic) bond motifs is 1. The van der Waals surface area contributed by atoms with E-state index in [1.54, 1.807) is 0 Å². The molecule has 2 aromatic heterocycles. The Labute approximate surface area is 108 Å². The molecule has 6 nitrogen and oxygen atoms in total. The van der Waals surface area contributed by atoms with Crippen LogP contribution >= 0.6 is 0 Å². The Morgan fingerprint density at radius 3 is 2.58 bits per heavy atom. The van der Waals surface area contributed by atoms with Crippen molar-refractivity contribution in [1.82, 2.24) is 15.2 Å². The lowest BCUT2D eigenvalue weighted by atomic mass is 10.0. The normalized spacial score (nSPS) is 10.5. The molecular formula is C13H10N6. The number of hydrogen-bond acceptors (Lipinski definition) is 5. The van der Waals surface area contributed by atoms with Crippen LogP contribution in [0, 0.1) is 11.3 Å². The lowest BCUT2D eigenvalue weighted by molar-refractivity contribution is 1.10. The molecule has 2 heterocycles. The van der Waals surface area contributed by atoms with Crippen LogP contribution in [0.5, 0.6) is 0 Å². The summed E-state index contributed by atoms with van der Waals surface area (Å²) in [6.07, 6.45) is 0. The van der Waals surface area contributed by atoms with Crippen LogP contribution < -0.4 is 11.5 Å². The standard InChI is InChI=1S/C13H10N6/c14-6-8-10(15)9-12(16)18-19-13(9)17-11(8)7-4-2-1-3-5-7/h1-5H,(H5,15,16,17,18,19). The average molecular weight is 250 g/mol. The number of hydrogen-bond donors (Lipinski definition) is 3. The van der Waals surface area contributed by atoms with Gasteiger partial charge in [-0.15, -0.1) is 0 Å². The van der Waals surface area contributed by atoms with Crippen LogP contribution in [0.15, 0.2) is 30.3 Å². The summed E-state index contributed by atoms with van der Waals surface area (Å²) in [5.41, 5.74) is 14.1. The van der Waals surface area contributed by atoms with E-state index in [1.165, 1.54) is 0 Å². The summed E-state index contributed by atoms with van der Waals surface area (Å²) in [6.45, 7) is 0. The summed E-state index contributed by atoms with van der Waals surface area (Å²) in [5, 5.41) is 16.4. The SMILES string of the molecule is N#Cc1c(-c2ccccc2)nc2n[nH]c(N)c2c1N. The average Bonchev–Trinajstić information content (AvgIpc) is 2.81. The highest BCUT2D eigenvalue weighted by Gasteiger charge is 2.17. The number of benzene rings is 1. The zero-order chi connectivity index (χ0) is 13.4. The molecule has 0 atom stereocenters. The third-order valence-corrected chi connectivity index (χ3v) is 2.93. The van der Waals surface area contributed by atoms with Crippen molar-refractivity contribution in [2.24, 2.45) is 0 Å². The van der Waals surface area contributed by atoms with Gasteiger partial charge in [-0.1, -0.05) is 30.3 Å². The molecule has 1 aromatic carbocycles. The van der Waals surface area contributed by atoms with Gasteiger partial charge in [0.05, 0.1) is 16.8 Å². The van der Waals surface area contributed by atoms with Crippen LogP contribution in [0.2, 0.25) is 0 Å². The molecule has 0 fully saturated rings. The Bertz CT molecular complexity index is 797. The Kier molecular flexibility index (Phi) is 2.32. The molecule has 92 valence electrons. The predicted molar refractivity (Wildman–Crippen MR) is 72.9 cm³/mol. The summed E-state index contributed by atoms with van der Waals surface area (Å²) in [5.74, 6) is 0.316. The fourth-order valence-corrected chi connectivity index (χ4v) is 2.02. The number of pyridine rings is 1. The first-order chi connectivity index (χ1) is 9.22. The van der Waals surface area contributed by atoms with Gasteiger partial charge < -0.3 is 11.5 Å². The molecule has 0 saturated carbocycles. The van der Waals surface area contributed by atoms with Crippen molar-refractivity contribution in [3.05, 3.63) is 35.9 Å². The lowest BCUT2D eigenvalue weighted by Crippen LogP contribution is -1.99. The van der Waals surface area contributed by atoms with E-state index >= 15 is 0 Å². The fourth-order valence-electron chi connectivity index (χ4n) is 2.02. The second kappa shape index (κ2) is 3.99. The number of nitriles is 1. The van der Waals surface area contributed by atoms with Gasteiger partial charge in [-0.05, 0) is 0 Å². The van der Waals surface area contributed by atoms with E-state index in [2.05, 4.69) is 21.3 Å². The lowest BCUT2D eigenvalue weighted by Gasteiger charge is -2.06. The summed E-state index contributed by atoms with van der Waals surface area (Å²) in [6, 6.07) is 11.5. The number of aromatic amines is 1. The number of H-pyrrole nitrogens is 1. The molecule has 0 bridgehead atoms. The molecule has 0 amide bonds. The van der Waals surface area contributed by atoms with Gasteiger partial charge in [0.15, 0.2) is 5.65 Å². The number of anilines is 2. The van der Waals surface area contributed by atoms with E-state index < -0.39 is 0 Å². The molecule has 0 radical (unpaired) electrons. The smallest absolute Gasteiger partial charge is 0.185 e. The first-order valence-corrected chi connectivity index (χ1v) is 5.61. The highest BCUT2D eigenvalue weighted by Crippen LogP contribution is 2.32. The van der Waals surface area contributed by atoms with Crippen molar-refractivity contribution in [2.45, 2.75) is 0 Å². The summed E-state index contributed by atoms with van der Waals surface area (Å²) >= 11 is 0. The van der Waals surface area contributed by atoms with Crippen molar-refractivity contribution in [3.8, 4) is 17.3 Å². The Morgan fingerprint density at radius 1 is 1.16 bits per heavy atom. The van der Waals surface area contributed by atoms with Gasteiger partial charge in [-0.3, -0.25) is 5.10 Å². The number of nitrogens with one attached hydrogen (secondary N) is 1. The molecule has 0 unspecified atom stereocenters. The van der Waals surface area contributed by atoms with E-state index in [1.807, 2.05) is 30.3 Å².